The maximum Gasteiger partial charge on any atom is 0.264 e. The fourth-order valence-corrected chi connectivity index (χ4v) is 5.53. The van der Waals surface area contributed by atoms with Gasteiger partial charge in [-0.3, -0.25) is 4.79 Å². The topological polar surface area (TPSA) is 45.7 Å². The minimum atomic E-state index is -0.0198. The third-order valence-electron chi connectivity index (χ3n) is 7.51. The molecule has 1 saturated heterocycles. The Hall–Kier alpha value is -3.86. The van der Waals surface area contributed by atoms with Gasteiger partial charge in [0.1, 0.15) is 17.1 Å². The average molecular weight is 478 g/mol. The molecule has 4 aromatic rings. The first-order chi connectivity index (χ1) is 17.7. The quantitative estimate of drug-likeness (QED) is 0.359. The highest BCUT2D eigenvalue weighted by molar-refractivity contribution is 5.96. The molecule has 36 heavy (non-hydrogen) atoms. The maximum absolute atomic E-state index is 13.0. The van der Waals surface area contributed by atoms with E-state index in [1.807, 2.05) is 41.3 Å². The molecule has 0 unspecified atom stereocenters. The smallest absolute Gasteiger partial charge is 0.264 e. The predicted octanol–water partition coefficient (Wildman–Crippen LogP) is 5.66. The Morgan fingerprint density at radius 3 is 2.53 bits per heavy atom. The number of fused-ring (bicyclic) bond motifs is 2. The first-order valence-electron chi connectivity index (χ1n) is 12.9. The number of piperidine rings is 1. The number of aromatic nitrogens is 1. The number of ether oxygens (including phenoxy) is 1. The lowest BCUT2D eigenvalue weighted by atomic mass is 9.90. The van der Waals surface area contributed by atoms with Crippen LogP contribution in [0.1, 0.15) is 24.0 Å². The third kappa shape index (κ3) is 4.66. The molecule has 1 aromatic heterocycles. The number of hydrogen-bond acceptors (Lipinski definition) is 4. The zero-order valence-corrected chi connectivity index (χ0v) is 20.5. The molecule has 0 aliphatic carbocycles. The summed E-state index contributed by atoms with van der Waals surface area (Å²) in [6.07, 6.45) is 4.37. The van der Waals surface area contributed by atoms with E-state index in [0.717, 1.165) is 48.3 Å². The molecule has 3 heterocycles. The van der Waals surface area contributed by atoms with Gasteiger partial charge in [-0.05, 0) is 67.0 Å². The SMILES string of the molecule is O=C(COc1cccc2ccc(N3CCC(Cc4ccccc4)CC3)nc12)N1CCc2ccccc21. The summed E-state index contributed by atoms with van der Waals surface area (Å²) in [5.74, 6) is 2.34. The summed E-state index contributed by atoms with van der Waals surface area (Å²) in [6, 6.07) is 29.0. The highest BCUT2D eigenvalue weighted by Crippen LogP contribution is 2.31. The second kappa shape index (κ2) is 10.0. The van der Waals surface area contributed by atoms with Crippen LogP contribution in [-0.2, 0) is 17.6 Å². The van der Waals surface area contributed by atoms with Crippen LogP contribution in [0.15, 0.2) is 84.9 Å². The largest absolute Gasteiger partial charge is 0.481 e. The van der Waals surface area contributed by atoms with Gasteiger partial charge in [0.25, 0.3) is 5.91 Å². The Bertz CT molecular complexity index is 1360. The molecule has 0 bridgehead atoms. The van der Waals surface area contributed by atoms with Gasteiger partial charge in [0.2, 0.25) is 0 Å². The third-order valence-corrected chi connectivity index (χ3v) is 7.51. The van der Waals surface area contributed by atoms with E-state index in [1.165, 1.54) is 24.0 Å². The predicted molar refractivity (Wildman–Crippen MR) is 145 cm³/mol. The van der Waals surface area contributed by atoms with Gasteiger partial charge in [0.15, 0.2) is 6.61 Å². The monoisotopic (exact) mass is 477 g/mol. The molecule has 2 aliphatic heterocycles. The number of carbonyl (C=O) groups is 1. The number of carbonyl (C=O) groups excluding carboxylic acids is 1. The van der Waals surface area contributed by atoms with Crippen LogP contribution in [-0.4, -0.2) is 37.1 Å². The van der Waals surface area contributed by atoms with Gasteiger partial charge in [0, 0.05) is 30.7 Å². The van der Waals surface area contributed by atoms with Crippen molar-refractivity contribution < 1.29 is 9.53 Å². The van der Waals surface area contributed by atoms with Crippen LogP contribution >= 0.6 is 0 Å². The van der Waals surface area contributed by atoms with Crippen LogP contribution in [0.25, 0.3) is 10.9 Å². The van der Waals surface area contributed by atoms with Crippen molar-refractivity contribution in [3.05, 3.63) is 96.1 Å². The van der Waals surface area contributed by atoms with Crippen molar-refractivity contribution in [1.82, 2.24) is 4.98 Å². The number of rotatable bonds is 6. The zero-order valence-electron chi connectivity index (χ0n) is 20.5. The Balaban J connectivity index is 1.13. The lowest BCUT2D eigenvalue weighted by Gasteiger charge is -2.33. The van der Waals surface area contributed by atoms with E-state index in [2.05, 4.69) is 53.4 Å². The zero-order chi connectivity index (χ0) is 24.3. The standard InChI is InChI=1S/C31H31N3O2/c35-30(34-20-17-25-9-4-5-11-27(25)34)22-36-28-12-6-10-26-13-14-29(32-31(26)28)33-18-15-24(16-19-33)21-23-7-2-1-3-8-23/h1-14,24H,15-22H2. The van der Waals surface area contributed by atoms with Crippen molar-refractivity contribution in [3.63, 3.8) is 0 Å². The number of anilines is 2. The van der Waals surface area contributed by atoms with E-state index in [1.54, 1.807) is 0 Å². The summed E-state index contributed by atoms with van der Waals surface area (Å²) in [5.41, 5.74) is 4.46. The molecule has 2 aliphatic rings. The van der Waals surface area contributed by atoms with E-state index >= 15 is 0 Å². The average Bonchev–Trinajstić information content (AvgIpc) is 3.37. The number of nitrogens with zero attached hydrogens (tertiary/aromatic N) is 3. The minimum Gasteiger partial charge on any atom is -0.481 e. The fourth-order valence-electron chi connectivity index (χ4n) is 5.53. The number of hydrogen-bond donors (Lipinski definition) is 0. The van der Waals surface area contributed by atoms with Crippen molar-refractivity contribution in [1.29, 1.82) is 0 Å². The van der Waals surface area contributed by atoms with Crippen LogP contribution in [0.4, 0.5) is 11.5 Å². The highest BCUT2D eigenvalue weighted by Gasteiger charge is 2.25. The number of amides is 1. The lowest BCUT2D eigenvalue weighted by Crippen LogP contribution is -2.34. The second-order valence-corrected chi connectivity index (χ2v) is 9.83. The normalized spacial score (nSPS) is 15.8. The Labute approximate surface area is 212 Å². The molecule has 5 nitrogen and oxygen atoms in total. The van der Waals surface area contributed by atoms with Crippen LogP contribution in [0.3, 0.4) is 0 Å². The number of benzene rings is 3. The molecule has 3 aromatic carbocycles. The van der Waals surface area contributed by atoms with Gasteiger partial charge < -0.3 is 14.5 Å². The van der Waals surface area contributed by atoms with E-state index < -0.39 is 0 Å². The van der Waals surface area contributed by atoms with Crippen molar-refractivity contribution in [2.45, 2.75) is 25.7 Å². The summed E-state index contributed by atoms with van der Waals surface area (Å²) in [6.45, 7) is 2.72. The Morgan fingerprint density at radius 2 is 1.67 bits per heavy atom. The Morgan fingerprint density at radius 1 is 0.861 bits per heavy atom. The second-order valence-electron chi connectivity index (χ2n) is 9.83. The molecule has 0 saturated carbocycles. The molecular weight excluding hydrogens is 446 g/mol. The van der Waals surface area contributed by atoms with Gasteiger partial charge in [-0.25, -0.2) is 4.98 Å². The molecule has 5 heteroatoms. The number of pyridine rings is 1. The Kier molecular flexibility index (Phi) is 6.29. The van der Waals surface area contributed by atoms with Gasteiger partial charge in [-0.1, -0.05) is 60.7 Å². The number of para-hydroxylation sites is 2. The summed E-state index contributed by atoms with van der Waals surface area (Å²) in [5, 5.41) is 1.02. The van der Waals surface area contributed by atoms with E-state index in [-0.39, 0.29) is 12.5 Å². The summed E-state index contributed by atoms with van der Waals surface area (Å²) in [7, 11) is 0. The van der Waals surface area contributed by atoms with E-state index in [4.69, 9.17) is 9.72 Å². The molecule has 1 amide bonds. The molecule has 0 spiro atoms. The van der Waals surface area contributed by atoms with Crippen molar-refractivity contribution in [2.24, 2.45) is 5.92 Å². The van der Waals surface area contributed by atoms with Crippen molar-refractivity contribution >= 4 is 28.3 Å². The van der Waals surface area contributed by atoms with Crippen LogP contribution in [0, 0.1) is 5.92 Å². The lowest BCUT2D eigenvalue weighted by molar-refractivity contribution is -0.120. The highest BCUT2D eigenvalue weighted by atomic mass is 16.5. The van der Waals surface area contributed by atoms with E-state index in [0.29, 0.717) is 18.2 Å². The molecule has 0 atom stereocenters. The van der Waals surface area contributed by atoms with Crippen molar-refractivity contribution in [2.75, 3.05) is 36.0 Å². The molecule has 6 rings (SSSR count). The molecule has 182 valence electrons. The first-order valence-corrected chi connectivity index (χ1v) is 12.9. The van der Waals surface area contributed by atoms with Gasteiger partial charge in [0.05, 0.1) is 0 Å². The molecular formula is C31H31N3O2. The summed E-state index contributed by atoms with van der Waals surface area (Å²) < 4.78 is 6.06. The molecule has 1 fully saturated rings. The fraction of sp³-hybridized carbons (Fsp3) is 0.290. The molecule has 0 radical (unpaired) electrons. The van der Waals surface area contributed by atoms with Crippen LogP contribution in [0.2, 0.25) is 0 Å². The minimum absolute atomic E-state index is 0.00420. The summed E-state index contributed by atoms with van der Waals surface area (Å²) in [4.78, 5) is 22.2. The van der Waals surface area contributed by atoms with Gasteiger partial charge in [-0.2, -0.15) is 0 Å². The van der Waals surface area contributed by atoms with Gasteiger partial charge >= 0.3 is 0 Å². The maximum atomic E-state index is 13.0. The summed E-state index contributed by atoms with van der Waals surface area (Å²) >= 11 is 0. The first kappa shape index (κ1) is 22.6. The van der Waals surface area contributed by atoms with Crippen LogP contribution in [0.5, 0.6) is 5.75 Å². The van der Waals surface area contributed by atoms with Crippen LogP contribution < -0.4 is 14.5 Å². The van der Waals surface area contributed by atoms with Gasteiger partial charge in [-0.15, -0.1) is 0 Å². The molecule has 0 N–H and O–H groups in total. The van der Waals surface area contributed by atoms with Crippen molar-refractivity contribution in [3.8, 4) is 5.75 Å². The van der Waals surface area contributed by atoms with E-state index in [9.17, 15) is 4.79 Å².